The van der Waals surface area contributed by atoms with E-state index in [9.17, 15) is 13.2 Å². The van der Waals surface area contributed by atoms with Crippen LogP contribution in [0.25, 0.3) is 0 Å². The maximum atomic E-state index is 12.6. The van der Waals surface area contributed by atoms with Gasteiger partial charge in [-0.15, -0.1) is 0 Å². The number of hydrogen-bond donors (Lipinski definition) is 1. The average molecular weight is 296 g/mol. The van der Waals surface area contributed by atoms with Crippen molar-refractivity contribution < 1.29 is 13.2 Å². The van der Waals surface area contributed by atoms with Gasteiger partial charge in [0.2, 0.25) is 10.0 Å². The lowest BCUT2D eigenvalue weighted by Crippen LogP contribution is -2.35. The first-order valence-corrected chi connectivity index (χ1v) is 8.33. The van der Waals surface area contributed by atoms with Crippen molar-refractivity contribution in [1.82, 2.24) is 4.90 Å². The van der Waals surface area contributed by atoms with Crippen LogP contribution in [0.4, 0.5) is 0 Å². The number of benzene rings is 1. The highest BCUT2D eigenvalue weighted by atomic mass is 32.2. The van der Waals surface area contributed by atoms with Crippen LogP contribution in [0, 0.1) is 6.92 Å². The molecule has 2 N–H and O–H groups in total. The Bertz CT molecular complexity index is 625. The van der Waals surface area contributed by atoms with E-state index in [1.807, 2.05) is 4.90 Å². The van der Waals surface area contributed by atoms with Crippen LogP contribution in [-0.2, 0) is 10.0 Å². The highest BCUT2D eigenvalue weighted by Gasteiger charge is 2.29. The maximum Gasteiger partial charge on any atom is 0.254 e. The van der Waals surface area contributed by atoms with Crippen LogP contribution in [-0.4, -0.2) is 31.8 Å². The molecule has 20 heavy (non-hydrogen) atoms. The van der Waals surface area contributed by atoms with Crippen molar-refractivity contribution in [2.45, 2.75) is 44.0 Å². The molecule has 1 aromatic rings. The highest BCUT2D eigenvalue weighted by molar-refractivity contribution is 7.89. The number of nitrogens with zero attached hydrogens (tertiary/aromatic N) is 1. The molecular weight excluding hydrogens is 276 g/mol. The van der Waals surface area contributed by atoms with Gasteiger partial charge >= 0.3 is 0 Å². The molecule has 1 unspecified atom stereocenters. The predicted molar refractivity (Wildman–Crippen MR) is 76.9 cm³/mol. The number of rotatable bonds is 3. The van der Waals surface area contributed by atoms with Gasteiger partial charge in [0.1, 0.15) is 0 Å². The molecule has 0 saturated carbocycles. The van der Waals surface area contributed by atoms with Crippen molar-refractivity contribution in [2.24, 2.45) is 5.14 Å². The van der Waals surface area contributed by atoms with E-state index >= 15 is 0 Å². The summed E-state index contributed by atoms with van der Waals surface area (Å²) in [5.74, 6) is -0.0997. The molecule has 0 aliphatic carbocycles. The van der Waals surface area contributed by atoms with Gasteiger partial charge in [0.15, 0.2) is 0 Å². The van der Waals surface area contributed by atoms with Crippen molar-refractivity contribution in [1.29, 1.82) is 0 Å². The van der Waals surface area contributed by atoms with Gasteiger partial charge in [-0.05, 0) is 43.9 Å². The Labute approximate surface area is 119 Å². The van der Waals surface area contributed by atoms with Crippen LogP contribution in [0.3, 0.4) is 0 Å². The fourth-order valence-corrected chi connectivity index (χ4v) is 3.23. The lowest BCUT2D eigenvalue weighted by atomic mass is 10.1. The number of primary sulfonamides is 1. The molecule has 2 rings (SSSR count). The molecule has 110 valence electrons. The third-order valence-electron chi connectivity index (χ3n) is 3.88. The summed E-state index contributed by atoms with van der Waals surface area (Å²) in [7, 11) is -3.79. The SMILES string of the molecule is CCC1CCCN1C(=O)c1cc(S(N)(=O)=O)ccc1C. The minimum atomic E-state index is -3.79. The smallest absolute Gasteiger partial charge is 0.254 e. The van der Waals surface area contributed by atoms with Gasteiger partial charge in [0.25, 0.3) is 5.91 Å². The zero-order valence-electron chi connectivity index (χ0n) is 11.8. The molecule has 1 fully saturated rings. The normalized spacial score (nSPS) is 19.4. The summed E-state index contributed by atoms with van der Waals surface area (Å²) >= 11 is 0. The van der Waals surface area contributed by atoms with E-state index in [1.165, 1.54) is 12.1 Å². The Morgan fingerprint density at radius 3 is 2.75 bits per heavy atom. The van der Waals surface area contributed by atoms with Crippen LogP contribution in [0.15, 0.2) is 23.1 Å². The molecule has 1 saturated heterocycles. The number of nitrogens with two attached hydrogens (primary N) is 1. The molecule has 1 aromatic carbocycles. The van der Waals surface area contributed by atoms with Crippen molar-refractivity contribution in [3.8, 4) is 0 Å². The topological polar surface area (TPSA) is 80.5 Å². The summed E-state index contributed by atoms with van der Waals surface area (Å²) in [5.41, 5.74) is 1.20. The van der Waals surface area contributed by atoms with E-state index in [-0.39, 0.29) is 16.8 Å². The van der Waals surface area contributed by atoms with Gasteiger partial charge < -0.3 is 4.90 Å². The number of likely N-dealkylation sites (tertiary alicyclic amines) is 1. The van der Waals surface area contributed by atoms with Gasteiger partial charge in [-0.3, -0.25) is 4.79 Å². The lowest BCUT2D eigenvalue weighted by Gasteiger charge is -2.24. The van der Waals surface area contributed by atoms with Crippen molar-refractivity contribution in [3.05, 3.63) is 29.3 Å². The lowest BCUT2D eigenvalue weighted by molar-refractivity contribution is 0.0732. The van der Waals surface area contributed by atoms with Crippen LogP contribution in [0.2, 0.25) is 0 Å². The molecule has 5 nitrogen and oxygen atoms in total. The predicted octanol–water partition coefficient (Wildman–Crippen LogP) is 1.66. The largest absolute Gasteiger partial charge is 0.336 e. The third kappa shape index (κ3) is 2.86. The Balaban J connectivity index is 2.39. The molecule has 0 spiro atoms. The summed E-state index contributed by atoms with van der Waals surface area (Å²) in [6.07, 6.45) is 2.92. The molecule has 0 aromatic heterocycles. The van der Waals surface area contributed by atoms with Crippen LogP contribution >= 0.6 is 0 Å². The van der Waals surface area contributed by atoms with Crippen LogP contribution in [0.5, 0.6) is 0 Å². The van der Waals surface area contributed by atoms with Gasteiger partial charge in [0.05, 0.1) is 4.90 Å². The molecule has 1 atom stereocenters. The van der Waals surface area contributed by atoms with E-state index in [4.69, 9.17) is 5.14 Å². The second-order valence-corrected chi connectivity index (χ2v) is 6.79. The fourth-order valence-electron chi connectivity index (χ4n) is 2.69. The zero-order chi connectivity index (χ0) is 14.9. The summed E-state index contributed by atoms with van der Waals surface area (Å²) in [6, 6.07) is 4.70. The van der Waals surface area contributed by atoms with E-state index in [2.05, 4.69) is 6.92 Å². The van der Waals surface area contributed by atoms with Gasteiger partial charge in [-0.2, -0.15) is 0 Å². The first kappa shape index (κ1) is 15.0. The van der Waals surface area contributed by atoms with Crippen molar-refractivity contribution >= 4 is 15.9 Å². The molecule has 0 radical (unpaired) electrons. The number of carbonyl (C=O) groups excluding carboxylic acids is 1. The van der Waals surface area contributed by atoms with Crippen molar-refractivity contribution in [3.63, 3.8) is 0 Å². The van der Waals surface area contributed by atoms with Crippen molar-refractivity contribution in [2.75, 3.05) is 6.54 Å². The molecule has 1 heterocycles. The zero-order valence-corrected chi connectivity index (χ0v) is 12.6. The number of carbonyl (C=O) groups is 1. The van der Waals surface area contributed by atoms with Gasteiger partial charge in [-0.1, -0.05) is 13.0 Å². The quantitative estimate of drug-likeness (QED) is 0.921. The number of amides is 1. The summed E-state index contributed by atoms with van der Waals surface area (Å²) in [4.78, 5) is 14.4. The van der Waals surface area contributed by atoms with Gasteiger partial charge in [-0.25, -0.2) is 13.6 Å². The Morgan fingerprint density at radius 2 is 2.15 bits per heavy atom. The van der Waals surface area contributed by atoms with E-state index < -0.39 is 10.0 Å². The van der Waals surface area contributed by atoms with E-state index in [1.54, 1.807) is 13.0 Å². The summed E-state index contributed by atoms with van der Waals surface area (Å²) in [6.45, 7) is 4.59. The highest BCUT2D eigenvalue weighted by Crippen LogP contribution is 2.24. The van der Waals surface area contributed by atoms with Crippen LogP contribution in [0.1, 0.15) is 42.1 Å². The minimum absolute atomic E-state index is 0.0151. The second kappa shape index (κ2) is 5.54. The molecule has 1 amide bonds. The Hall–Kier alpha value is -1.40. The fraction of sp³-hybridized carbons (Fsp3) is 0.500. The summed E-state index contributed by atoms with van der Waals surface area (Å²) < 4.78 is 22.8. The maximum absolute atomic E-state index is 12.6. The third-order valence-corrected chi connectivity index (χ3v) is 4.79. The van der Waals surface area contributed by atoms with Gasteiger partial charge in [0, 0.05) is 18.2 Å². The second-order valence-electron chi connectivity index (χ2n) is 5.22. The standard InChI is InChI=1S/C14H20N2O3S/c1-3-11-5-4-8-16(11)14(17)13-9-12(20(15,18)19)7-6-10(13)2/h6-7,9,11H,3-5,8H2,1-2H3,(H2,15,18,19). The molecule has 1 aliphatic rings. The Kier molecular flexibility index (Phi) is 4.15. The average Bonchev–Trinajstić information content (AvgIpc) is 2.85. The molecule has 1 aliphatic heterocycles. The first-order chi connectivity index (χ1) is 9.34. The van der Waals surface area contributed by atoms with E-state index in [0.717, 1.165) is 31.4 Å². The summed E-state index contributed by atoms with van der Waals surface area (Å²) in [5, 5.41) is 5.13. The molecule has 6 heteroatoms. The number of aryl methyl sites for hydroxylation is 1. The number of hydrogen-bond acceptors (Lipinski definition) is 3. The first-order valence-electron chi connectivity index (χ1n) is 6.79. The van der Waals surface area contributed by atoms with Crippen LogP contribution < -0.4 is 5.14 Å². The van der Waals surface area contributed by atoms with E-state index in [0.29, 0.717) is 5.56 Å². The monoisotopic (exact) mass is 296 g/mol. The Morgan fingerprint density at radius 1 is 1.45 bits per heavy atom. The molecular formula is C14H20N2O3S. The number of sulfonamides is 1. The minimum Gasteiger partial charge on any atom is -0.336 e. The molecule has 0 bridgehead atoms.